The monoisotopic (exact) mass is 570 g/mol. The first-order valence-corrected chi connectivity index (χ1v) is 14.9. The lowest BCUT2D eigenvalue weighted by Gasteiger charge is -2.36. The van der Waals surface area contributed by atoms with Gasteiger partial charge in [0.1, 0.15) is 0 Å². The largest absolute Gasteiger partial charge is 0.291 e. The van der Waals surface area contributed by atoms with Crippen LogP contribution in [0.4, 0.5) is 0 Å². The first-order chi connectivity index (χ1) is 18.1. The molecule has 1 N–H and O–H groups in total. The summed E-state index contributed by atoms with van der Waals surface area (Å²) >= 11 is 12.1. The highest BCUT2D eigenvalue weighted by Crippen LogP contribution is 2.67. The number of aromatic nitrogens is 4. The summed E-state index contributed by atoms with van der Waals surface area (Å²) in [5, 5.41) is 3.96. The van der Waals surface area contributed by atoms with Crippen LogP contribution >= 0.6 is 23.2 Å². The number of hydrogen-bond acceptors (Lipinski definition) is 2. The third kappa shape index (κ3) is 3.22. The summed E-state index contributed by atoms with van der Waals surface area (Å²) in [5.74, 6) is 0.828. The van der Waals surface area contributed by atoms with E-state index >= 15 is 0 Å². The normalized spacial score (nSPS) is 30.3. The van der Waals surface area contributed by atoms with Crippen LogP contribution in [0.5, 0.6) is 0 Å². The van der Waals surface area contributed by atoms with Gasteiger partial charge in [-0.05, 0) is 66.0 Å². The number of halogens is 2. The molecule has 0 aliphatic heterocycles. The maximum absolute atomic E-state index is 13.1. The van der Waals surface area contributed by atoms with Crippen LogP contribution in [0.1, 0.15) is 107 Å². The average Bonchev–Trinajstić information content (AvgIpc) is 3.55. The average molecular weight is 572 g/mol. The second-order valence-corrected chi connectivity index (χ2v) is 14.8. The molecule has 4 aliphatic rings. The fourth-order valence-corrected chi connectivity index (χ4v) is 9.36. The van der Waals surface area contributed by atoms with Crippen LogP contribution in [-0.2, 0) is 31.5 Å². The van der Waals surface area contributed by atoms with Crippen LogP contribution in [0, 0.1) is 10.8 Å². The van der Waals surface area contributed by atoms with Gasteiger partial charge in [-0.3, -0.25) is 24.1 Å². The molecule has 210 valence electrons. The number of aryl methyl sites for hydroxylation is 1. The van der Waals surface area contributed by atoms with Crippen molar-refractivity contribution >= 4 is 23.2 Å². The van der Waals surface area contributed by atoms with Gasteiger partial charge in [0.2, 0.25) is 0 Å². The fraction of sp³-hybridized carbons (Fsp3) is 0.613. The molecule has 0 saturated heterocycles. The smallest absolute Gasteiger partial charge is 0.270 e. The lowest BCUT2D eigenvalue weighted by atomic mass is 9.70. The van der Waals surface area contributed by atoms with Crippen molar-refractivity contribution in [2.24, 2.45) is 24.9 Å². The minimum Gasteiger partial charge on any atom is -0.291 e. The lowest BCUT2D eigenvalue weighted by Crippen LogP contribution is -2.35. The highest BCUT2D eigenvalue weighted by atomic mass is 35.5. The van der Waals surface area contributed by atoms with Crippen LogP contribution in [0.25, 0.3) is 0 Å². The highest BCUT2D eigenvalue weighted by molar-refractivity contribution is 6.42. The van der Waals surface area contributed by atoms with Crippen molar-refractivity contribution in [1.82, 2.24) is 19.1 Å². The third-order valence-electron chi connectivity index (χ3n) is 12.0. The van der Waals surface area contributed by atoms with Crippen molar-refractivity contribution in [1.29, 1.82) is 0 Å². The van der Waals surface area contributed by atoms with Gasteiger partial charge >= 0.3 is 0 Å². The van der Waals surface area contributed by atoms with Crippen LogP contribution in [-0.4, -0.2) is 19.1 Å². The molecule has 2 fully saturated rings. The molecule has 0 amide bonds. The molecule has 4 atom stereocenters. The van der Waals surface area contributed by atoms with Gasteiger partial charge in [-0.25, -0.2) is 4.68 Å². The Balaban J connectivity index is 0.000000158. The molecule has 4 bridgehead atoms. The number of benzene rings is 1. The highest BCUT2D eigenvalue weighted by Gasteiger charge is 2.63. The summed E-state index contributed by atoms with van der Waals surface area (Å²) < 4.78 is 5.87. The summed E-state index contributed by atoms with van der Waals surface area (Å²) in [4.78, 5) is 25.0. The predicted octanol–water partition coefficient (Wildman–Crippen LogP) is 6.61. The Morgan fingerprint density at radius 3 is 1.95 bits per heavy atom. The summed E-state index contributed by atoms with van der Waals surface area (Å²) in [6, 6.07) is 5.56. The second-order valence-electron chi connectivity index (χ2n) is 13.9. The van der Waals surface area contributed by atoms with E-state index in [1.54, 1.807) is 6.07 Å². The van der Waals surface area contributed by atoms with Gasteiger partial charge in [0.05, 0.1) is 22.3 Å². The number of fused-ring (bicyclic) bond motifs is 10. The molecule has 4 aliphatic carbocycles. The fourth-order valence-electron chi connectivity index (χ4n) is 9.03. The Kier molecular flexibility index (Phi) is 5.67. The Bertz CT molecular complexity index is 1640. The molecule has 6 nitrogen and oxygen atoms in total. The number of nitrogens with zero attached hydrogens (tertiary/aromatic N) is 3. The van der Waals surface area contributed by atoms with Gasteiger partial charge < -0.3 is 0 Å². The number of aromatic amines is 1. The molecular weight excluding hydrogens is 531 g/mol. The van der Waals surface area contributed by atoms with Crippen LogP contribution in [0.15, 0.2) is 27.8 Å². The molecule has 0 spiro atoms. The quantitative estimate of drug-likeness (QED) is 0.377. The summed E-state index contributed by atoms with van der Waals surface area (Å²) in [6.07, 6.45) is 4.65. The number of hydrogen-bond donors (Lipinski definition) is 1. The van der Waals surface area contributed by atoms with Gasteiger partial charge in [0.15, 0.2) is 0 Å². The maximum atomic E-state index is 13.1. The molecular formula is C31H40Cl2N4O2. The maximum Gasteiger partial charge on any atom is 0.270 e. The Hall–Kier alpha value is -2.18. The van der Waals surface area contributed by atoms with Crippen LogP contribution in [0.3, 0.4) is 0 Å². The van der Waals surface area contributed by atoms with Crippen molar-refractivity contribution in [2.45, 2.75) is 96.4 Å². The number of nitrogens with one attached hydrogen (secondary N) is 1. The standard InChI is InChI=1S/C19H22Cl2N2O.C12H18N2O/c1-18(2)12-7-8-19(18,3)16-15(12)17(24)23(22(16)4)10-11-5-6-13(20)14(21)9-11;1-11(2)7-5-6-12(11,3)9-8(7)10(15)13-14(9)4/h5-6,9,12H,7-8,10H2,1-4H3;7H,5-6H2,1-4H3,(H,13,15)/t12-,19+;7-,12+/m11/s1. The van der Waals surface area contributed by atoms with Crippen molar-refractivity contribution < 1.29 is 0 Å². The first kappa shape index (κ1) is 27.0. The van der Waals surface area contributed by atoms with Crippen molar-refractivity contribution in [3.8, 4) is 0 Å². The van der Waals surface area contributed by atoms with Gasteiger partial charge in [-0.15, -0.1) is 0 Å². The number of rotatable bonds is 2. The van der Waals surface area contributed by atoms with E-state index in [4.69, 9.17) is 23.2 Å². The Morgan fingerprint density at radius 1 is 0.846 bits per heavy atom. The zero-order valence-electron chi connectivity index (χ0n) is 24.3. The summed E-state index contributed by atoms with van der Waals surface area (Å²) in [5.41, 5.74) is 6.51. The van der Waals surface area contributed by atoms with Crippen molar-refractivity contribution in [3.05, 3.63) is 77.0 Å². The van der Waals surface area contributed by atoms with E-state index in [9.17, 15) is 9.59 Å². The minimum atomic E-state index is 0.0732. The van der Waals surface area contributed by atoms with Gasteiger partial charge in [-0.1, -0.05) is 70.8 Å². The van der Waals surface area contributed by atoms with E-state index in [0.717, 1.165) is 29.5 Å². The Morgan fingerprint density at radius 2 is 1.41 bits per heavy atom. The van der Waals surface area contributed by atoms with Gasteiger partial charge in [0.25, 0.3) is 11.1 Å². The molecule has 0 radical (unpaired) electrons. The van der Waals surface area contributed by atoms with Gasteiger partial charge in [-0.2, -0.15) is 0 Å². The number of H-pyrrole nitrogens is 1. The van der Waals surface area contributed by atoms with E-state index in [1.165, 1.54) is 24.2 Å². The molecule has 2 aromatic heterocycles. The van der Waals surface area contributed by atoms with Crippen LogP contribution in [0.2, 0.25) is 10.0 Å². The topological polar surface area (TPSA) is 64.7 Å². The molecule has 3 aromatic rings. The minimum absolute atomic E-state index is 0.0732. The van der Waals surface area contributed by atoms with E-state index < -0.39 is 0 Å². The molecule has 8 heteroatoms. The van der Waals surface area contributed by atoms with E-state index in [1.807, 2.05) is 35.6 Å². The predicted molar refractivity (Wildman–Crippen MR) is 157 cm³/mol. The molecule has 2 saturated carbocycles. The first-order valence-electron chi connectivity index (χ1n) is 14.1. The molecule has 2 heterocycles. The second kappa shape index (κ2) is 8.19. The van der Waals surface area contributed by atoms with Crippen molar-refractivity contribution in [2.75, 3.05) is 0 Å². The molecule has 39 heavy (non-hydrogen) atoms. The molecule has 0 unspecified atom stereocenters. The third-order valence-corrected chi connectivity index (χ3v) is 12.8. The zero-order chi connectivity index (χ0) is 28.4. The zero-order valence-corrected chi connectivity index (χ0v) is 25.8. The molecule has 7 rings (SSSR count). The molecule has 1 aromatic carbocycles. The van der Waals surface area contributed by atoms with E-state index in [2.05, 4.69) is 51.3 Å². The summed E-state index contributed by atoms with van der Waals surface area (Å²) in [7, 11) is 3.97. The van der Waals surface area contributed by atoms with Gasteiger partial charge in [0, 0.05) is 41.7 Å². The van der Waals surface area contributed by atoms with Crippen molar-refractivity contribution in [3.63, 3.8) is 0 Å². The Labute approximate surface area is 240 Å². The SMILES string of the molecule is Cn1[nH]c(=O)c2c1[C@]1(C)CC[C@H]2C1(C)C.Cn1c2c(c(=O)n1Cc1ccc(Cl)c(Cl)c1)[C@H]1CC[C@]2(C)C1(C)C. The van der Waals surface area contributed by atoms with E-state index in [0.29, 0.717) is 28.4 Å². The van der Waals surface area contributed by atoms with Crippen LogP contribution < -0.4 is 11.1 Å². The lowest BCUT2D eigenvalue weighted by molar-refractivity contribution is 0.215. The summed E-state index contributed by atoms with van der Waals surface area (Å²) in [6.45, 7) is 14.4. The van der Waals surface area contributed by atoms with E-state index in [-0.39, 0.29) is 32.8 Å².